The second-order valence-electron chi connectivity index (χ2n) is 19.3. The van der Waals surface area contributed by atoms with E-state index < -0.39 is 23.9 Å². The molecule has 0 aromatic carbocycles. The molecule has 25 heteroatoms. The number of ether oxygens (including phenoxy) is 7. The first-order valence-corrected chi connectivity index (χ1v) is 25.7. The zero-order chi connectivity index (χ0) is 52.7. The number of hydrogen-bond donors (Lipinski definition) is 4. The number of aliphatic hydroxyl groups excluding tert-OH is 1. The lowest BCUT2D eigenvalue weighted by Gasteiger charge is -2.36. The molecule has 2 aliphatic rings. The monoisotopic (exact) mass is 1050 g/mol. The van der Waals surface area contributed by atoms with E-state index in [1.807, 2.05) is 29.9 Å². The van der Waals surface area contributed by atoms with Crippen molar-refractivity contribution in [1.82, 2.24) is 54.2 Å². The van der Waals surface area contributed by atoms with Gasteiger partial charge in [0, 0.05) is 63.2 Å². The van der Waals surface area contributed by atoms with Gasteiger partial charge in [0.1, 0.15) is 35.7 Å². The SMILES string of the molecule is CCc1cnn2c(NCc3ccc(OCCOCCOCCOCCOCCn4cc(Nc5nc(N6C[C@@H](F)[C@H](NC(=O)OC(C)(C)C)C6)nc6c5ncn6C)c(OC)n4)nc3)cc(N3CCCC[C@H]3CCO)nc12. The average Bonchev–Trinajstić information content (AvgIpc) is 4.19. The molecule has 1 amide bonds. The molecular weight excluding hydrogens is 974 g/mol. The number of rotatable bonds is 28. The van der Waals surface area contributed by atoms with Crippen molar-refractivity contribution >= 4 is 52.0 Å². The Balaban J connectivity index is 0.678. The van der Waals surface area contributed by atoms with Crippen LogP contribution in [0.25, 0.3) is 16.8 Å². The van der Waals surface area contributed by atoms with Gasteiger partial charge in [-0.25, -0.2) is 24.1 Å². The Morgan fingerprint density at radius 1 is 0.920 bits per heavy atom. The maximum absolute atomic E-state index is 15.2. The van der Waals surface area contributed by atoms with Gasteiger partial charge >= 0.3 is 6.09 Å². The highest BCUT2D eigenvalue weighted by molar-refractivity contribution is 5.87. The Kier molecular flexibility index (Phi) is 19.1. The second kappa shape index (κ2) is 26.2. The Bertz CT molecular complexity index is 2750. The van der Waals surface area contributed by atoms with E-state index in [4.69, 9.17) is 43.1 Å². The molecular formula is C50H72FN15O9. The summed E-state index contributed by atoms with van der Waals surface area (Å²) < 4.78 is 60.0. The Labute approximate surface area is 435 Å². The maximum atomic E-state index is 15.2. The van der Waals surface area contributed by atoms with Crippen LogP contribution >= 0.6 is 0 Å². The quantitative estimate of drug-likeness (QED) is 0.0479. The van der Waals surface area contributed by atoms with Gasteiger partial charge in [-0.3, -0.25) is 4.68 Å². The minimum Gasteiger partial charge on any atom is -0.478 e. The van der Waals surface area contributed by atoms with E-state index in [1.54, 1.807) is 53.6 Å². The van der Waals surface area contributed by atoms with E-state index in [2.05, 4.69) is 59.0 Å². The number of aromatic nitrogens is 10. The van der Waals surface area contributed by atoms with Gasteiger partial charge in [0.05, 0.1) is 97.8 Å². The Morgan fingerprint density at radius 3 is 2.39 bits per heavy atom. The molecule has 0 radical (unpaired) electrons. The molecule has 75 heavy (non-hydrogen) atoms. The molecule has 408 valence electrons. The summed E-state index contributed by atoms with van der Waals surface area (Å²) in [4.78, 5) is 39.8. The topological polar surface area (TPSA) is 249 Å². The molecule has 2 fully saturated rings. The van der Waals surface area contributed by atoms with Crippen LogP contribution in [0.4, 0.5) is 38.3 Å². The smallest absolute Gasteiger partial charge is 0.408 e. The lowest BCUT2D eigenvalue weighted by Crippen LogP contribution is -2.44. The number of methoxy groups -OCH3 is 1. The van der Waals surface area contributed by atoms with Crippen molar-refractivity contribution in [2.24, 2.45) is 7.05 Å². The highest BCUT2D eigenvalue weighted by Crippen LogP contribution is 2.32. The summed E-state index contributed by atoms with van der Waals surface area (Å²) in [6, 6.07) is 5.36. The number of nitrogens with one attached hydrogen (secondary N) is 3. The van der Waals surface area contributed by atoms with Crippen molar-refractivity contribution in [2.75, 3.05) is 113 Å². The number of pyridine rings is 1. The summed E-state index contributed by atoms with van der Waals surface area (Å²) >= 11 is 0. The number of nitrogens with zero attached hydrogens (tertiary/aromatic N) is 12. The number of anilines is 5. The van der Waals surface area contributed by atoms with E-state index in [1.165, 1.54) is 7.11 Å². The first kappa shape index (κ1) is 54.6. The summed E-state index contributed by atoms with van der Waals surface area (Å²) in [5.74, 6) is 3.26. The van der Waals surface area contributed by atoms with Gasteiger partial charge < -0.3 is 68.6 Å². The lowest BCUT2D eigenvalue weighted by atomic mass is 9.99. The highest BCUT2D eigenvalue weighted by atomic mass is 19.1. The zero-order valence-corrected chi connectivity index (χ0v) is 43.9. The minimum absolute atomic E-state index is 0.0191. The normalized spacial score (nSPS) is 17.0. The van der Waals surface area contributed by atoms with Crippen LogP contribution < -0.4 is 35.2 Å². The fraction of sp³-hybridized carbons (Fsp3) is 0.600. The molecule has 6 aromatic heterocycles. The number of amides is 1. The van der Waals surface area contributed by atoms with Gasteiger partial charge in [0.25, 0.3) is 5.88 Å². The molecule has 4 N–H and O–H groups in total. The summed E-state index contributed by atoms with van der Waals surface area (Å²) in [5.41, 5.74) is 3.79. The van der Waals surface area contributed by atoms with E-state index in [9.17, 15) is 9.90 Å². The first-order valence-electron chi connectivity index (χ1n) is 25.7. The molecule has 2 aliphatic heterocycles. The van der Waals surface area contributed by atoms with Crippen molar-refractivity contribution in [3.05, 3.63) is 54.2 Å². The van der Waals surface area contributed by atoms with Crippen molar-refractivity contribution in [3.8, 4) is 11.8 Å². The number of piperidine rings is 1. The van der Waals surface area contributed by atoms with Gasteiger partial charge in [-0.1, -0.05) is 13.0 Å². The molecule has 0 saturated carbocycles. The van der Waals surface area contributed by atoms with Gasteiger partial charge in [0.15, 0.2) is 22.6 Å². The van der Waals surface area contributed by atoms with Gasteiger partial charge in [-0.2, -0.15) is 19.6 Å². The maximum Gasteiger partial charge on any atom is 0.408 e. The van der Waals surface area contributed by atoms with Gasteiger partial charge in [0.2, 0.25) is 11.8 Å². The molecule has 6 aromatic rings. The highest BCUT2D eigenvalue weighted by Gasteiger charge is 2.37. The summed E-state index contributed by atoms with van der Waals surface area (Å²) in [6.07, 6.45) is 9.91. The Hall–Kier alpha value is -6.67. The van der Waals surface area contributed by atoms with Crippen LogP contribution in [0.2, 0.25) is 0 Å². The molecule has 0 aliphatic carbocycles. The fourth-order valence-corrected chi connectivity index (χ4v) is 8.82. The van der Waals surface area contributed by atoms with Crippen LogP contribution in [0.3, 0.4) is 0 Å². The molecule has 0 spiro atoms. The number of hydrogen-bond acceptors (Lipinski definition) is 20. The molecule has 8 heterocycles. The summed E-state index contributed by atoms with van der Waals surface area (Å²) in [7, 11) is 3.33. The minimum atomic E-state index is -1.36. The van der Waals surface area contributed by atoms with Gasteiger partial charge in [-0.15, -0.1) is 5.10 Å². The number of carbonyl (C=O) groups excluding carboxylic acids is 1. The molecule has 3 atom stereocenters. The predicted molar refractivity (Wildman–Crippen MR) is 278 cm³/mol. The van der Waals surface area contributed by atoms with Crippen molar-refractivity contribution in [3.63, 3.8) is 0 Å². The Morgan fingerprint density at radius 2 is 1.68 bits per heavy atom. The standard InChI is InChI=1S/C50H72FN15O9/c1-7-35-29-55-66-40(26-41(58-45(35)66)65-14-9-8-10-36(65)13-16-67)52-27-34-11-12-42(53-28-34)74-25-24-73-23-22-72-21-20-71-19-18-70-17-15-64-32-39(47(61-64)69-6)56-44-43-46(62(5)33-54-43)60-48(59-44)63-30-37(51)38(31-63)57-49(68)75-50(2,3)4/h11-12,26,28-29,32-33,36-38,52,67H,7-10,13-25,27,30-31H2,1-6H3,(H,57,68)(H,56,59,60)/t36-,37+,38+/m0/s1. The number of imidazole rings is 1. The van der Waals surface area contributed by atoms with Crippen LogP contribution in [0, 0.1) is 0 Å². The first-order chi connectivity index (χ1) is 36.4. The molecule has 24 nitrogen and oxygen atoms in total. The van der Waals surface area contributed by atoms with E-state index >= 15 is 4.39 Å². The van der Waals surface area contributed by atoms with Crippen molar-refractivity contribution in [1.29, 1.82) is 0 Å². The molecule has 0 bridgehead atoms. The fourth-order valence-electron chi connectivity index (χ4n) is 8.82. The van der Waals surface area contributed by atoms with Gasteiger partial charge in [-0.05, 0) is 58.4 Å². The molecule has 8 rings (SSSR count). The number of carbonyl (C=O) groups is 1. The number of alkyl carbamates (subject to hydrolysis) is 1. The summed E-state index contributed by atoms with van der Waals surface area (Å²) in [5, 5.41) is 28.3. The van der Waals surface area contributed by atoms with Crippen LogP contribution in [-0.2, 0) is 50.2 Å². The van der Waals surface area contributed by atoms with E-state index in [0.29, 0.717) is 107 Å². The zero-order valence-electron chi connectivity index (χ0n) is 43.9. The third kappa shape index (κ3) is 14.8. The predicted octanol–water partition coefficient (Wildman–Crippen LogP) is 4.86. The third-order valence-electron chi connectivity index (χ3n) is 12.6. The van der Waals surface area contributed by atoms with Crippen LogP contribution in [0.1, 0.15) is 64.5 Å². The number of fused-ring (bicyclic) bond motifs is 2. The van der Waals surface area contributed by atoms with Crippen molar-refractivity contribution < 1.29 is 47.4 Å². The lowest BCUT2D eigenvalue weighted by molar-refractivity contribution is -0.00552. The number of alkyl halides is 1. The number of aliphatic hydroxyl groups is 1. The largest absolute Gasteiger partial charge is 0.478 e. The van der Waals surface area contributed by atoms with E-state index in [-0.39, 0.29) is 31.7 Å². The molecule has 2 saturated heterocycles. The average molecular weight is 1050 g/mol. The third-order valence-corrected chi connectivity index (χ3v) is 12.6. The second-order valence-corrected chi connectivity index (χ2v) is 19.3. The number of aryl methyl sites for hydroxylation is 2. The molecule has 0 unspecified atom stereocenters. The number of halogens is 1. The van der Waals surface area contributed by atoms with Crippen molar-refractivity contribution in [2.45, 2.75) is 96.7 Å². The van der Waals surface area contributed by atoms with Crippen LogP contribution in [0.15, 0.2) is 43.1 Å². The van der Waals surface area contributed by atoms with E-state index in [0.717, 1.165) is 67.1 Å². The van der Waals surface area contributed by atoms with Crippen LogP contribution in [-0.4, -0.2) is 177 Å². The van der Waals surface area contributed by atoms with Crippen LogP contribution in [0.5, 0.6) is 11.8 Å². The summed E-state index contributed by atoms with van der Waals surface area (Å²) in [6.45, 7) is 13.1.